The summed E-state index contributed by atoms with van der Waals surface area (Å²) < 4.78 is 27.0. The molecule has 0 aromatic heterocycles. The topological polar surface area (TPSA) is 95.6 Å². The molecule has 0 saturated heterocycles. The van der Waals surface area contributed by atoms with E-state index in [0.29, 0.717) is 5.56 Å². The van der Waals surface area contributed by atoms with Crippen molar-refractivity contribution in [2.24, 2.45) is 0 Å². The van der Waals surface area contributed by atoms with Gasteiger partial charge < -0.3 is 10.2 Å². The molecule has 130 valence electrons. The Kier molecular flexibility index (Phi) is 4.60. The number of hydrogen-bond donors (Lipinski definition) is 2. The number of fused-ring (bicyclic) bond motifs is 1. The zero-order chi connectivity index (χ0) is 17.3. The third-order valence-corrected chi connectivity index (χ3v) is 5.98. The SMILES string of the molecule is CN1C(=O)Cc2cc(S(=O)(=O)NCC(=O)NC3CCCC3)ccc21. The maximum absolute atomic E-state index is 12.3. The standard InChI is InChI=1S/C16H21N3O4S/c1-19-14-7-6-13(8-11(14)9-16(19)21)24(22,23)17-10-15(20)18-12-4-2-3-5-12/h6-8,12,17H,2-5,9-10H2,1H3,(H,18,20). The van der Waals surface area contributed by atoms with Crippen molar-refractivity contribution in [3.63, 3.8) is 0 Å². The number of nitrogens with zero attached hydrogens (tertiary/aromatic N) is 1. The molecule has 1 fully saturated rings. The van der Waals surface area contributed by atoms with Crippen LogP contribution in [0, 0.1) is 0 Å². The molecule has 0 radical (unpaired) electrons. The van der Waals surface area contributed by atoms with Gasteiger partial charge in [-0.25, -0.2) is 13.1 Å². The van der Waals surface area contributed by atoms with Gasteiger partial charge in [-0.2, -0.15) is 0 Å². The summed E-state index contributed by atoms with van der Waals surface area (Å²) in [5.74, 6) is -0.384. The maximum atomic E-state index is 12.3. The van der Waals surface area contributed by atoms with Gasteiger partial charge in [0.05, 0.1) is 17.9 Å². The van der Waals surface area contributed by atoms with Crippen LogP contribution in [0.2, 0.25) is 0 Å². The summed E-state index contributed by atoms with van der Waals surface area (Å²) in [5, 5.41) is 2.84. The summed E-state index contributed by atoms with van der Waals surface area (Å²) in [6.45, 7) is -0.283. The number of hydrogen-bond acceptors (Lipinski definition) is 4. The van der Waals surface area contributed by atoms with Crippen molar-refractivity contribution >= 4 is 27.5 Å². The number of likely N-dealkylation sites (N-methyl/N-ethyl adjacent to an activating group) is 1. The predicted molar refractivity (Wildman–Crippen MR) is 89.1 cm³/mol. The fraction of sp³-hybridized carbons (Fsp3) is 0.500. The second-order valence-corrected chi connectivity index (χ2v) is 8.06. The highest BCUT2D eigenvalue weighted by Crippen LogP contribution is 2.29. The normalized spacial score (nSPS) is 18.0. The van der Waals surface area contributed by atoms with E-state index in [1.165, 1.54) is 17.0 Å². The lowest BCUT2D eigenvalue weighted by Crippen LogP contribution is -2.40. The van der Waals surface area contributed by atoms with Crippen LogP contribution in [0.1, 0.15) is 31.2 Å². The van der Waals surface area contributed by atoms with E-state index in [-0.39, 0.29) is 35.7 Å². The molecule has 2 aliphatic rings. The molecule has 1 aliphatic carbocycles. The van der Waals surface area contributed by atoms with Crippen molar-refractivity contribution in [3.8, 4) is 0 Å². The quantitative estimate of drug-likeness (QED) is 0.809. The van der Waals surface area contributed by atoms with Crippen molar-refractivity contribution in [2.45, 2.75) is 43.0 Å². The molecular formula is C16H21N3O4S. The molecule has 2 amide bonds. The summed E-state index contributed by atoms with van der Waals surface area (Å²) in [6, 6.07) is 4.72. The number of carbonyl (C=O) groups excluding carboxylic acids is 2. The molecule has 24 heavy (non-hydrogen) atoms. The molecule has 1 aromatic carbocycles. The molecular weight excluding hydrogens is 330 g/mol. The van der Waals surface area contributed by atoms with Crippen LogP contribution in [0.25, 0.3) is 0 Å². The first-order valence-electron chi connectivity index (χ1n) is 8.05. The Morgan fingerprint density at radius 2 is 2.00 bits per heavy atom. The Morgan fingerprint density at radius 1 is 1.29 bits per heavy atom. The van der Waals surface area contributed by atoms with Crippen LogP contribution in [0.3, 0.4) is 0 Å². The van der Waals surface area contributed by atoms with Crippen molar-refractivity contribution in [3.05, 3.63) is 23.8 Å². The molecule has 1 aliphatic heterocycles. The number of rotatable bonds is 5. The number of anilines is 1. The first kappa shape index (κ1) is 16.9. The van der Waals surface area contributed by atoms with Crippen LogP contribution in [-0.2, 0) is 26.0 Å². The van der Waals surface area contributed by atoms with E-state index >= 15 is 0 Å². The minimum absolute atomic E-state index is 0.0663. The first-order valence-corrected chi connectivity index (χ1v) is 9.53. The summed E-state index contributed by atoms with van der Waals surface area (Å²) in [6.07, 6.45) is 4.28. The van der Waals surface area contributed by atoms with Gasteiger partial charge in [0.2, 0.25) is 21.8 Å². The molecule has 1 aromatic rings. The van der Waals surface area contributed by atoms with E-state index < -0.39 is 10.0 Å². The van der Waals surface area contributed by atoms with Gasteiger partial charge in [0, 0.05) is 18.8 Å². The van der Waals surface area contributed by atoms with E-state index in [0.717, 1.165) is 31.4 Å². The van der Waals surface area contributed by atoms with Crippen LogP contribution < -0.4 is 14.9 Å². The average molecular weight is 351 g/mol. The predicted octanol–water partition coefficient (Wildman–Crippen LogP) is 0.543. The van der Waals surface area contributed by atoms with Crippen LogP contribution in [-0.4, -0.2) is 39.9 Å². The van der Waals surface area contributed by atoms with Gasteiger partial charge in [-0.3, -0.25) is 9.59 Å². The molecule has 0 atom stereocenters. The smallest absolute Gasteiger partial charge is 0.241 e. The largest absolute Gasteiger partial charge is 0.352 e. The van der Waals surface area contributed by atoms with Gasteiger partial charge in [0.25, 0.3) is 0 Å². The number of nitrogens with one attached hydrogen (secondary N) is 2. The summed E-state index contributed by atoms with van der Waals surface area (Å²) in [4.78, 5) is 25.1. The second-order valence-electron chi connectivity index (χ2n) is 6.29. The minimum Gasteiger partial charge on any atom is -0.352 e. The third-order valence-electron chi connectivity index (χ3n) is 4.58. The Hall–Kier alpha value is -1.93. The molecule has 2 N–H and O–H groups in total. The average Bonchev–Trinajstić information content (AvgIpc) is 3.14. The van der Waals surface area contributed by atoms with Gasteiger partial charge in [-0.15, -0.1) is 0 Å². The molecule has 0 bridgehead atoms. The van der Waals surface area contributed by atoms with Gasteiger partial charge in [-0.1, -0.05) is 12.8 Å². The molecule has 0 unspecified atom stereocenters. The Balaban J connectivity index is 1.64. The molecule has 0 spiro atoms. The summed E-state index contributed by atoms with van der Waals surface area (Å²) in [7, 11) is -2.13. The van der Waals surface area contributed by atoms with Crippen molar-refractivity contribution in [2.75, 3.05) is 18.5 Å². The van der Waals surface area contributed by atoms with E-state index in [2.05, 4.69) is 10.0 Å². The van der Waals surface area contributed by atoms with Crippen LogP contribution in [0.4, 0.5) is 5.69 Å². The molecule has 8 heteroatoms. The summed E-state index contributed by atoms with van der Waals surface area (Å²) >= 11 is 0. The number of sulfonamides is 1. The second kappa shape index (κ2) is 6.52. The summed E-state index contributed by atoms with van der Waals surface area (Å²) in [5.41, 5.74) is 1.40. The fourth-order valence-electron chi connectivity index (χ4n) is 3.21. The van der Waals surface area contributed by atoms with E-state index in [9.17, 15) is 18.0 Å². The Labute approximate surface area is 141 Å². The Bertz CT molecular complexity index is 770. The number of benzene rings is 1. The maximum Gasteiger partial charge on any atom is 0.241 e. The third kappa shape index (κ3) is 3.44. The van der Waals surface area contributed by atoms with E-state index in [4.69, 9.17) is 0 Å². The van der Waals surface area contributed by atoms with Crippen molar-refractivity contribution < 1.29 is 18.0 Å². The highest BCUT2D eigenvalue weighted by atomic mass is 32.2. The Morgan fingerprint density at radius 3 is 2.71 bits per heavy atom. The number of amides is 2. The number of carbonyl (C=O) groups is 2. The fourth-order valence-corrected chi connectivity index (χ4v) is 4.24. The van der Waals surface area contributed by atoms with E-state index in [1.807, 2.05) is 0 Å². The van der Waals surface area contributed by atoms with Gasteiger partial charge in [0.1, 0.15) is 0 Å². The molecule has 7 nitrogen and oxygen atoms in total. The minimum atomic E-state index is -3.79. The monoisotopic (exact) mass is 351 g/mol. The van der Waals surface area contributed by atoms with Crippen molar-refractivity contribution in [1.29, 1.82) is 0 Å². The highest BCUT2D eigenvalue weighted by Gasteiger charge is 2.26. The molecule has 1 saturated carbocycles. The van der Waals surface area contributed by atoms with E-state index in [1.54, 1.807) is 13.1 Å². The first-order chi connectivity index (χ1) is 11.4. The van der Waals surface area contributed by atoms with Gasteiger partial charge in [-0.05, 0) is 36.6 Å². The molecule has 1 heterocycles. The lowest BCUT2D eigenvalue weighted by atomic mass is 10.2. The lowest BCUT2D eigenvalue weighted by molar-refractivity contribution is -0.120. The van der Waals surface area contributed by atoms with Gasteiger partial charge in [0.15, 0.2) is 0 Å². The van der Waals surface area contributed by atoms with Gasteiger partial charge >= 0.3 is 0 Å². The van der Waals surface area contributed by atoms with Crippen LogP contribution in [0.5, 0.6) is 0 Å². The van der Waals surface area contributed by atoms with Crippen molar-refractivity contribution in [1.82, 2.24) is 10.0 Å². The lowest BCUT2D eigenvalue weighted by Gasteiger charge is -2.13. The highest BCUT2D eigenvalue weighted by molar-refractivity contribution is 7.89. The zero-order valence-electron chi connectivity index (χ0n) is 13.5. The van der Waals surface area contributed by atoms with Crippen LogP contribution >= 0.6 is 0 Å². The van der Waals surface area contributed by atoms with Crippen LogP contribution in [0.15, 0.2) is 23.1 Å². The zero-order valence-corrected chi connectivity index (χ0v) is 14.4. The molecule has 3 rings (SSSR count).